The lowest BCUT2D eigenvalue weighted by molar-refractivity contribution is -0.221. The second kappa shape index (κ2) is 4.51. The molecule has 20 heavy (non-hydrogen) atoms. The average molecular weight is 276 g/mol. The van der Waals surface area contributed by atoms with Crippen molar-refractivity contribution in [3.05, 3.63) is 29.8 Å². The van der Waals surface area contributed by atoms with Crippen molar-refractivity contribution in [3.8, 4) is 5.75 Å². The summed E-state index contributed by atoms with van der Waals surface area (Å²) < 4.78 is 15.5. The molecule has 0 spiro atoms. The van der Waals surface area contributed by atoms with Gasteiger partial charge in [-0.3, -0.25) is 9.59 Å². The predicted octanol–water partition coefficient (Wildman–Crippen LogP) is 1.65. The van der Waals surface area contributed by atoms with Crippen LogP contribution in [0, 0.1) is 11.8 Å². The lowest BCUT2D eigenvalue weighted by atomic mass is 9.74. The van der Waals surface area contributed by atoms with Crippen LogP contribution in [-0.4, -0.2) is 26.2 Å². The smallest absolute Gasteiger partial charge is 0.314 e. The molecule has 0 amide bonds. The van der Waals surface area contributed by atoms with Crippen molar-refractivity contribution in [2.75, 3.05) is 14.2 Å². The van der Waals surface area contributed by atoms with Gasteiger partial charge in [0, 0.05) is 0 Å². The highest BCUT2D eigenvalue weighted by atomic mass is 16.6. The maximum atomic E-state index is 12.0. The Morgan fingerprint density at radius 1 is 1.25 bits per heavy atom. The number of carbonyl (C=O) groups is 2. The first-order chi connectivity index (χ1) is 9.63. The third-order valence-electron chi connectivity index (χ3n) is 4.36. The summed E-state index contributed by atoms with van der Waals surface area (Å²) >= 11 is 0. The van der Waals surface area contributed by atoms with Crippen molar-refractivity contribution < 1.29 is 23.8 Å². The molecular formula is C15H16O5. The fourth-order valence-electron chi connectivity index (χ4n) is 3.37. The molecule has 2 aliphatic rings. The molecule has 3 rings (SSSR count). The first-order valence-corrected chi connectivity index (χ1v) is 6.58. The minimum Gasteiger partial charge on any atom is -0.497 e. The Kier molecular flexibility index (Phi) is 2.92. The zero-order valence-electron chi connectivity index (χ0n) is 11.4. The van der Waals surface area contributed by atoms with Crippen LogP contribution in [0.4, 0.5) is 0 Å². The Morgan fingerprint density at radius 2 is 1.95 bits per heavy atom. The van der Waals surface area contributed by atoms with E-state index in [4.69, 9.17) is 14.2 Å². The lowest BCUT2D eigenvalue weighted by Gasteiger charge is -2.46. The number of fused-ring (bicyclic) bond motifs is 1. The number of carbonyl (C=O) groups excluding carboxylic acids is 2. The Labute approximate surface area is 116 Å². The summed E-state index contributed by atoms with van der Waals surface area (Å²) in [5.41, 5.74) is -0.0213. The molecule has 0 bridgehead atoms. The number of rotatable bonds is 3. The van der Waals surface area contributed by atoms with Crippen LogP contribution in [0.2, 0.25) is 0 Å². The van der Waals surface area contributed by atoms with E-state index in [2.05, 4.69) is 0 Å². The molecule has 1 aliphatic heterocycles. The van der Waals surface area contributed by atoms with Crippen molar-refractivity contribution in [1.29, 1.82) is 0 Å². The van der Waals surface area contributed by atoms with Crippen LogP contribution in [0.25, 0.3) is 0 Å². The van der Waals surface area contributed by atoms with Gasteiger partial charge in [-0.15, -0.1) is 0 Å². The summed E-state index contributed by atoms with van der Waals surface area (Å²) in [4.78, 5) is 23.6. The van der Waals surface area contributed by atoms with E-state index in [1.807, 2.05) is 12.1 Å². The van der Waals surface area contributed by atoms with E-state index in [0.29, 0.717) is 12.8 Å². The molecule has 106 valence electrons. The zero-order valence-corrected chi connectivity index (χ0v) is 11.4. The van der Waals surface area contributed by atoms with Crippen LogP contribution in [0.1, 0.15) is 18.4 Å². The van der Waals surface area contributed by atoms with Crippen LogP contribution >= 0.6 is 0 Å². The molecule has 1 aromatic rings. The van der Waals surface area contributed by atoms with Gasteiger partial charge in [0.25, 0.3) is 0 Å². The van der Waals surface area contributed by atoms with E-state index < -0.39 is 11.5 Å². The molecule has 1 saturated carbocycles. The largest absolute Gasteiger partial charge is 0.497 e. The average Bonchev–Trinajstić information content (AvgIpc) is 2.79. The van der Waals surface area contributed by atoms with Gasteiger partial charge >= 0.3 is 11.9 Å². The highest BCUT2D eigenvalue weighted by Gasteiger charge is 2.67. The number of methoxy groups -OCH3 is 2. The van der Waals surface area contributed by atoms with Crippen molar-refractivity contribution in [3.63, 3.8) is 0 Å². The molecule has 0 N–H and O–H groups in total. The molecular weight excluding hydrogens is 260 g/mol. The number of hydrogen-bond donors (Lipinski definition) is 0. The topological polar surface area (TPSA) is 61.8 Å². The minimum absolute atomic E-state index is 0.229. The van der Waals surface area contributed by atoms with E-state index in [0.717, 1.165) is 11.3 Å². The molecule has 1 saturated heterocycles. The maximum absolute atomic E-state index is 12.0. The third-order valence-corrected chi connectivity index (χ3v) is 4.36. The Morgan fingerprint density at radius 3 is 2.50 bits per heavy atom. The molecule has 1 aromatic carbocycles. The Bertz CT molecular complexity index is 550. The van der Waals surface area contributed by atoms with E-state index in [9.17, 15) is 9.59 Å². The standard InChI is InChI=1S/C15H16O5/c1-18-10-5-3-9(4-6-10)15-11(13(16)19-2)7-8-12(15)14(17)20-15/h3-6,11-12H,7-8H2,1-2H3/t11-,12-,15+/m1/s1. The monoisotopic (exact) mass is 276 g/mol. The van der Waals surface area contributed by atoms with Crippen LogP contribution in [0.5, 0.6) is 5.75 Å². The SMILES string of the molecule is COC(=O)[C@H]1CC[C@@H]2C(=O)O[C@@]12c1ccc(OC)cc1. The Balaban J connectivity index is 2.01. The second-order valence-electron chi connectivity index (χ2n) is 5.15. The normalized spacial score (nSPS) is 31.0. The van der Waals surface area contributed by atoms with Gasteiger partial charge < -0.3 is 14.2 Å². The van der Waals surface area contributed by atoms with Gasteiger partial charge in [0.2, 0.25) is 0 Å². The molecule has 0 radical (unpaired) electrons. The van der Waals surface area contributed by atoms with Gasteiger partial charge in [-0.2, -0.15) is 0 Å². The maximum Gasteiger partial charge on any atom is 0.314 e. The van der Waals surface area contributed by atoms with Crippen molar-refractivity contribution in [2.45, 2.75) is 18.4 Å². The van der Waals surface area contributed by atoms with Gasteiger partial charge in [0.15, 0.2) is 5.60 Å². The lowest BCUT2D eigenvalue weighted by Crippen LogP contribution is -2.56. The molecule has 0 unspecified atom stereocenters. The van der Waals surface area contributed by atoms with E-state index in [1.54, 1.807) is 19.2 Å². The molecule has 1 aliphatic carbocycles. The van der Waals surface area contributed by atoms with Gasteiger partial charge in [-0.25, -0.2) is 0 Å². The first-order valence-electron chi connectivity index (χ1n) is 6.58. The van der Waals surface area contributed by atoms with Crippen LogP contribution in [0.3, 0.4) is 0 Å². The van der Waals surface area contributed by atoms with E-state index in [-0.39, 0.29) is 17.9 Å². The summed E-state index contributed by atoms with van der Waals surface area (Å²) in [6, 6.07) is 7.30. The van der Waals surface area contributed by atoms with Crippen LogP contribution < -0.4 is 4.74 Å². The summed E-state index contributed by atoms with van der Waals surface area (Å²) in [5.74, 6) is -0.508. The van der Waals surface area contributed by atoms with Crippen LogP contribution in [0.15, 0.2) is 24.3 Å². The molecule has 3 atom stereocenters. The fraction of sp³-hybridized carbons (Fsp3) is 0.467. The van der Waals surface area contributed by atoms with Gasteiger partial charge in [0.05, 0.1) is 14.2 Å². The second-order valence-corrected chi connectivity index (χ2v) is 5.15. The van der Waals surface area contributed by atoms with Crippen LogP contribution in [-0.2, 0) is 24.7 Å². The van der Waals surface area contributed by atoms with E-state index in [1.165, 1.54) is 7.11 Å². The first kappa shape index (κ1) is 13.0. The summed E-state index contributed by atoms with van der Waals surface area (Å²) in [6.07, 6.45) is 1.26. The highest BCUT2D eigenvalue weighted by Crippen LogP contribution is 2.58. The van der Waals surface area contributed by atoms with Crippen molar-refractivity contribution >= 4 is 11.9 Å². The molecule has 5 heteroatoms. The van der Waals surface area contributed by atoms with Gasteiger partial charge in [-0.1, -0.05) is 12.1 Å². The molecule has 5 nitrogen and oxygen atoms in total. The number of esters is 2. The molecule has 1 heterocycles. The van der Waals surface area contributed by atoms with Gasteiger partial charge in [-0.05, 0) is 30.5 Å². The quantitative estimate of drug-likeness (QED) is 0.785. The number of hydrogen-bond acceptors (Lipinski definition) is 5. The highest BCUT2D eigenvalue weighted by molar-refractivity contribution is 5.87. The Hall–Kier alpha value is -2.04. The summed E-state index contributed by atoms with van der Waals surface area (Å²) in [7, 11) is 2.95. The van der Waals surface area contributed by atoms with Crippen molar-refractivity contribution in [1.82, 2.24) is 0 Å². The minimum atomic E-state index is -0.851. The zero-order chi connectivity index (χ0) is 14.3. The summed E-state index contributed by atoms with van der Waals surface area (Å²) in [5, 5.41) is 0. The van der Waals surface area contributed by atoms with Gasteiger partial charge in [0.1, 0.15) is 17.6 Å². The third kappa shape index (κ3) is 1.55. The van der Waals surface area contributed by atoms with E-state index >= 15 is 0 Å². The molecule has 2 fully saturated rings. The number of benzene rings is 1. The molecule has 0 aromatic heterocycles. The summed E-state index contributed by atoms with van der Waals surface area (Å²) in [6.45, 7) is 0. The number of ether oxygens (including phenoxy) is 3. The van der Waals surface area contributed by atoms with Crippen molar-refractivity contribution in [2.24, 2.45) is 11.8 Å². The predicted molar refractivity (Wildman–Crippen MR) is 69.0 cm³/mol. The fourth-order valence-corrected chi connectivity index (χ4v) is 3.37.